The minimum atomic E-state index is -3.71. The van der Waals surface area contributed by atoms with Gasteiger partial charge in [-0.15, -0.1) is 11.3 Å². The van der Waals surface area contributed by atoms with Crippen LogP contribution >= 0.6 is 11.3 Å². The van der Waals surface area contributed by atoms with Gasteiger partial charge in [0.25, 0.3) is 10.0 Å². The molecule has 1 N–H and O–H groups in total. The lowest BCUT2D eigenvalue weighted by molar-refractivity contribution is 0.380. The number of benzene rings is 1. The van der Waals surface area contributed by atoms with Gasteiger partial charge < -0.3 is 9.26 Å². The molecule has 0 atom stereocenters. The monoisotopic (exact) mass is 391 g/mol. The molecule has 0 aliphatic heterocycles. The summed E-state index contributed by atoms with van der Waals surface area (Å²) in [7, 11) is -2.16. The summed E-state index contributed by atoms with van der Waals surface area (Å²) in [5, 5.41) is 3.98. The number of hydrogen-bond acceptors (Lipinski definition) is 7. The highest BCUT2D eigenvalue weighted by atomic mass is 32.2. The minimum absolute atomic E-state index is 0.214. The summed E-state index contributed by atoms with van der Waals surface area (Å²) in [4.78, 5) is 5.94. The highest BCUT2D eigenvalue weighted by molar-refractivity contribution is 7.93. The second-order valence-electron chi connectivity index (χ2n) is 6.10. The van der Waals surface area contributed by atoms with Crippen molar-refractivity contribution in [2.24, 2.45) is 0 Å². The number of nitrogens with zero attached hydrogens (tertiary/aromatic N) is 2. The molecule has 0 radical (unpaired) electrons. The maximum Gasteiger partial charge on any atom is 0.263 e. The zero-order chi connectivity index (χ0) is 18.3. The van der Waals surface area contributed by atoms with Crippen molar-refractivity contribution in [1.29, 1.82) is 0 Å². The van der Waals surface area contributed by atoms with Crippen molar-refractivity contribution in [2.45, 2.75) is 30.6 Å². The molecule has 2 aromatic heterocycles. The predicted octanol–water partition coefficient (Wildman–Crippen LogP) is 3.79. The standard InChI is InChI=1S/C17H17N3O4S2/c1-10-15(26(21,22)20-12-5-7-13(23-2)8-6-12)9-14(25-10)16-18-17(24-19-16)11-3-4-11/h5-9,11,20H,3-4H2,1-2H3. The summed E-state index contributed by atoms with van der Waals surface area (Å²) >= 11 is 1.33. The fourth-order valence-electron chi connectivity index (χ4n) is 2.54. The van der Waals surface area contributed by atoms with Gasteiger partial charge in [0.2, 0.25) is 11.7 Å². The van der Waals surface area contributed by atoms with Crippen LogP contribution in [-0.2, 0) is 10.0 Å². The maximum absolute atomic E-state index is 12.7. The molecule has 7 nitrogen and oxygen atoms in total. The van der Waals surface area contributed by atoms with Crippen molar-refractivity contribution in [1.82, 2.24) is 10.1 Å². The Morgan fingerprint density at radius 1 is 1.27 bits per heavy atom. The summed E-state index contributed by atoms with van der Waals surface area (Å²) in [6.45, 7) is 1.76. The van der Waals surface area contributed by atoms with E-state index in [2.05, 4.69) is 14.9 Å². The number of thiophene rings is 1. The SMILES string of the molecule is COc1ccc(NS(=O)(=O)c2cc(-c3noc(C4CC4)n3)sc2C)cc1. The van der Waals surface area contributed by atoms with Crippen molar-refractivity contribution >= 4 is 27.0 Å². The largest absolute Gasteiger partial charge is 0.497 e. The lowest BCUT2D eigenvalue weighted by Gasteiger charge is -2.08. The molecule has 0 amide bonds. The molecule has 1 aliphatic rings. The molecule has 1 fully saturated rings. The van der Waals surface area contributed by atoms with Crippen LogP contribution in [0.25, 0.3) is 10.7 Å². The van der Waals surface area contributed by atoms with Crippen LogP contribution in [0.5, 0.6) is 5.75 Å². The van der Waals surface area contributed by atoms with E-state index in [9.17, 15) is 8.42 Å². The van der Waals surface area contributed by atoms with E-state index in [-0.39, 0.29) is 4.90 Å². The third-order valence-corrected chi connectivity index (χ3v) is 6.78. The average molecular weight is 391 g/mol. The van der Waals surface area contributed by atoms with Gasteiger partial charge in [-0.3, -0.25) is 4.72 Å². The van der Waals surface area contributed by atoms with Crippen molar-refractivity contribution in [3.63, 3.8) is 0 Å². The van der Waals surface area contributed by atoms with Gasteiger partial charge in [0.15, 0.2) is 0 Å². The highest BCUT2D eigenvalue weighted by Gasteiger charge is 2.30. The van der Waals surface area contributed by atoms with Crippen molar-refractivity contribution in [3.8, 4) is 16.5 Å². The van der Waals surface area contributed by atoms with Crippen molar-refractivity contribution < 1.29 is 17.7 Å². The second-order valence-corrected chi connectivity index (χ2v) is 9.00. The number of aryl methyl sites for hydroxylation is 1. The van der Waals surface area contributed by atoms with E-state index in [1.165, 1.54) is 11.3 Å². The molecule has 4 rings (SSSR count). The Hall–Kier alpha value is -2.39. The first-order chi connectivity index (χ1) is 12.5. The summed E-state index contributed by atoms with van der Waals surface area (Å²) in [6.07, 6.45) is 2.13. The first-order valence-corrected chi connectivity index (χ1v) is 10.4. The van der Waals surface area contributed by atoms with Crippen molar-refractivity contribution in [3.05, 3.63) is 41.1 Å². The molecule has 2 heterocycles. The van der Waals surface area contributed by atoms with E-state index in [1.54, 1.807) is 44.4 Å². The third kappa shape index (κ3) is 3.32. The Morgan fingerprint density at radius 3 is 2.65 bits per heavy atom. The fraction of sp³-hybridized carbons (Fsp3) is 0.294. The molecule has 26 heavy (non-hydrogen) atoms. The second kappa shape index (κ2) is 6.40. The topological polar surface area (TPSA) is 94.3 Å². The van der Waals surface area contributed by atoms with Gasteiger partial charge in [-0.1, -0.05) is 5.16 Å². The smallest absolute Gasteiger partial charge is 0.263 e. The first-order valence-electron chi connectivity index (χ1n) is 8.07. The van der Waals surface area contributed by atoms with Crippen LogP contribution in [0.15, 0.2) is 39.8 Å². The summed E-state index contributed by atoms with van der Waals surface area (Å²) in [5.74, 6) is 2.08. The first kappa shape index (κ1) is 17.0. The van der Waals surface area contributed by atoms with Gasteiger partial charge in [-0.05, 0) is 50.1 Å². The van der Waals surface area contributed by atoms with Crippen LogP contribution in [-0.4, -0.2) is 25.7 Å². The van der Waals surface area contributed by atoms with Gasteiger partial charge >= 0.3 is 0 Å². The molecular formula is C17H17N3O4S2. The Labute approximate surface area is 155 Å². The number of sulfonamides is 1. The van der Waals surface area contributed by atoms with E-state index in [0.29, 0.717) is 38.8 Å². The molecule has 0 spiro atoms. The average Bonchev–Trinajstić information content (AvgIpc) is 3.21. The number of ether oxygens (including phenoxy) is 1. The predicted molar refractivity (Wildman–Crippen MR) is 98.1 cm³/mol. The third-order valence-electron chi connectivity index (χ3n) is 4.09. The summed E-state index contributed by atoms with van der Waals surface area (Å²) < 4.78 is 38.4. The van der Waals surface area contributed by atoms with Crippen LogP contribution in [0.2, 0.25) is 0 Å². The van der Waals surface area contributed by atoms with Crippen LogP contribution in [0.4, 0.5) is 5.69 Å². The number of anilines is 1. The Morgan fingerprint density at radius 2 is 2.00 bits per heavy atom. The molecule has 136 valence electrons. The van der Waals surface area contributed by atoms with Gasteiger partial charge in [-0.25, -0.2) is 8.42 Å². The molecule has 1 aromatic carbocycles. The molecule has 3 aromatic rings. The fourth-order valence-corrected chi connectivity index (χ4v) is 5.12. The maximum atomic E-state index is 12.7. The van der Waals surface area contributed by atoms with Gasteiger partial charge in [0.1, 0.15) is 10.6 Å². The van der Waals surface area contributed by atoms with Crippen molar-refractivity contribution in [2.75, 3.05) is 11.8 Å². The Balaban J connectivity index is 1.60. The number of rotatable bonds is 6. The molecule has 9 heteroatoms. The lowest BCUT2D eigenvalue weighted by atomic mass is 10.3. The summed E-state index contributed by atoms with van der Waals surface area (Å²) in [5.41, 5.74) is 0.466. The normalized spacial score (nSPS) is 14.4. The molecule has 0 saturated heterocycles. The zero-order valence-corrected chi connectivity index (χ0v) is 15.9. The number of nitrogens with one attached hydrogen (secondary N) is 1. The van der Waals surface area contributed by atoms with E-state index in [1.807, 2.05) is 0 Å². The number of aromatic nitrogens is 2. The molecule has 0 bridgehead atoms. The molecule has 0 unspecified atom stereocenters. The lowest BCUT2D eigenvalue weighted by Crippen LogP contribution is -2.13. The van der Waals surface area contributed by atoms with Crippen LogP contribution < -0.4 is 9.46 Å². The minimum Gasteiger partial charge on any atom is -0.497 e. The molecule has 1 aliphatic carbocycles. The Bertz CT molecular complexity index is 1030. The van der Waals surface area contributed by atoms with E-state index >= 15 is 0 Å². The van der Waals surface area contributed by atoms with Gasteiger partial charge in [0.05, 0.1) is 12.0 Å². The van der Waals surface area contributed by atoms with Crippen LogP contribution in [0.3, 0.4) is 0 Å². The van der Waals surface area contributed by atoms with E-state index < -0.39 is 10.0 Å². The van der Waals surface area contributed by atoms with Crippen LogP contribution in [0.1, 0.15) is 29.5 Å². The van der Waals surface area contributed by atoms with Gasteiger partial charge in [-0.2, -0.15) is 4.98 Å². The molecular weight excluding hydrogens is 374 g/mol. The van der Waals surface area contributed by atoms with Crippen LogP contribution in [0, 0.1) is 6.92 Å². The zero-order valence-electron chi connectivity index (χ0n) is 14.2. The number of methoxy groups -OCH3 is 1. The van der Waals surface area contributed by atoms with Gasteiger partial charge in [0, 0.05) is 16.5 Å². The van der Waals surface area contributed by atoms with E-state index in [0.717, 1.165) is 12.8 Å². The summed E-state index contributed by atoms with van der Waals surface area (Å²) in [6, 6.07) is 8.29. The van der Waals surface area contributed by atoms with E-state index in [4.69, 9.17) is 9.26 Å². The molecule has 1 saturated carbocycles. The number of hydrogen-bond donors (Lipinski definition) is 1. The Kier molecular flexibility index (Phi) is 4.20. The quantitative estimate of drug-likeness (QED) is 0.687. The highest BCUT2D eigenvalue weighted by Crippen LogP contribution is 2.40.